The third kappa shape index (κ3) is 2.28. The largest absolute Gasteiger partial charge is 0.469 e. The van der Waals surface area contributed by atoms with Gasteiger partial charge in [0.2, 0.25) is 0 Å². The average Bonchev–Trinajstić information content (AvgIpc) is 3.10. The van der Waals surface area contributed by atoms with E-state index in [1.165, 1.54) is 17.3 Å². The fourth-order valence-corrected chi connectivity index (χ4v) is 1.80. The number of hydrogen-bond donors (Lipinski definition) is 1. The molecule has 7 nitrogen and oxygen atoms in total. The van der Waals surface area contributed by atoms with Crippen LogP contribution in [0.3, 0.4) is 0 Å². The van der Waals surface area contributed by atoms with Crippen LogP contribution >= 0.6 is 0 Å². The summed E-state index contributed by atoms with van der Waals surface area (Å²) in [5.74, 6) is 0.388. The first-order valence-electron chi connectivity index (χ1n) is 5.93. The molecule has 1 amide bonds. The van der Waals surface area contributed by atoms with Crippen molar-refractivity contribution in [3.05, 3.63) is 54.2 Å². The summed E-state index contributed by atoms with van der Waals surface area (Å²) in [4.78, 5) is 12.0. The van der Waals surface area contributed by atoms with Crippen LogP contribution in [0.25, 0.3) is 5.69 Å². The van der Waals surface area contributed by atoms with E-state index in [1.54, 1.807) is 25.1 Å². The molecule has 2 aromatic heterocycles. The molecule has 0 atom stereocenters. The van der Waals surface area contributed by atoms with Crippen LogP contribution in [-0.2, 0) is 0 Å². The summed E-state index contributed by atoms with van der Waals surface area (Å²) in [6.07, 6.45) is 2.99. The van der Waals surface area contributed by atoms with Gasteiger partial charge >= 0.3 is 0 Å². The summed E-state index contributed by atoms with van der Waals surface area (Å²) in [6, 6.07) is 8.83. The molecule has 0 radical (unpaired) electrons. The molecular weight excluding hydrogens is 258 g/mol. The molecule has 0 bridgehead atoms. The van der Waals surface area contributed by atoms with Crippen LogP contribution in [0.15, 0.2) is 47.3 Å². The summed E-state index contributed by atoms with van der Waals surface area (Å²) in [6.45, 7) is 1.75. The molecular formula is C13H11N5O2. The number of aromatic nitrogens is 4. The number of rotatable bonds is 3. The topological polar surface area (TPSA) is 85.8 Å². The van der Waals surface area contributed by atoms with Gasteiger partial charge in [0.25, 0.3) is 5.91 Å². The zero-order chi connectivity index (χ0) is 13.9. The molecule has 0 saturated heterocycles. The maximum atomic E-state index is 12.0. The van der Waals surface area contributed by atoms with E-state index < -0.39 is 0 Å². The zero-order valence-electron chi connectivity index (χ0n) is 10.6. The van der Waals surface area contributed by atoms with Gasteiger partial charge in [0.05, 0.1) is 17.5 Å². The fraction of sp³-hybridized carbons (Fsp3) is 0.0769. The Bertz CT molecular complexity index is 716. The maximum absolute atomic E-state index is 12.0. The number of benzene rings is 1. The second-order valence-corrected chi connectivity index (χ2v) is 4.15. The van der Waals surface area contributed by atoms with Crippen LogP contribution in [-0.4, -0.2) is 26.1 Å². The number of nitrogens with one attached hydrogen (secondary N) is 1. The lowest BCUT2D eigenvalue weighted by Crippen LogP contribution is -2.12. The standard InChI is InChI=1S/C13H11N5O2/c1-9-12(6-7-20-9)13(19)15-10-2-4-11(5-3-10)18-8-14-16-17-18/h2-8H,1H3,(H,15,19). The number of hydrogen-bond acceptors (Lipinski definition) is 5. The molecule has 7 heteroatoms. The van der Waals surface area contributed by atoms with Crippen molar-refractivity contribution < 1.29 is 9.21 Å². The van der Waals surface area contributed by atoms with Gasteiger partial charge in [0, 0.05) is 5.69 Å². The second kappa shape index (κ2) is 4.96. The average molecular weight is 269 g/mol. The van der Waals surface area contributed by atoms with Gasteiger partial charge in [-0.05, 0) is 47.7 Å². The number of nitrogens with zero attached hydrogens (tertiary/aromatic N) is 4. The number of tetrazole rings is 1. The molecule has 0 fully saturated rings. The predicted octanol–water partition coefficient (Wildman–Crippen LogP) is 1.82. The van der Waals surface area contributed by atoms with E-state index in [1.807, 2.05) is 12.1 Å². The molecule has 0 unspecified atom stereocenters. The molecule has 100 valence electrons. The number of aryl methyl sites for hydroxylation is 1. The highest BCUT2D eigenvalue weighted by atomic mass is 16.3. The van der Waals surface area contributed by atoms with Gasteiger partial charge < -0.3 is 9.73 Å². The van der Waals surface area contributed by atoms with Gasteiger partial charge in [-0.1, -0.05) is 0 Å². The molecule has 0 aliphatic carbocycles. The molecule has 0 spiro atoms. The summed E-state index contributed by atoms with van der Waals surface area (Å²) in [5.41, 5.74) is 2.02. The molecule has 2 heterocycles. The molecule has 3 aromatic rings. The van der Waals surface area contributed by atoms with Gasteiger partial charge in [-0.15, -0.1) is 5.10 Å². The number of furan rings is 1. The van der Waals surface area contributed by atoms with Crippen molar-refractivity contribution >= 4 is 11.6 Å². The Balaban J connectivity index is 1.76. The van der Waals surface area contributed by atoms with Crippen LogP contribution in [0.1, 0.15) is 16.1 Å². The number of amides is 1. The minimum absolute atomic E-state index is 0.202. The number of anilines is 1. The highest BCUT2D eigenvalue weighted by Crippen LogP contribution is 2.15. The Kier molecular flexibility index (Phi) is 3.00. The van der Waals surface area contributed by atoms with Crippen molar-refractivity contribution in [1.29, 1.82) is 0 Å². The molecule has 1 aromatic carbocycles. The van der Waals surface area contributed by atoms with E-state index in [-0.39, 0.29) is 5.91 Å². The van der Waals surface area contributed by atoms with E-state index in [9.17, 15) is 4.79 Å². The van der Waals surface area contributed by atoms with Crippen molar-refractivity contribution in [3.8, 4) is 5.69 Å². The minimum Gasteiger partial charge on any atom is -0.469 e. The monoisotopic (exact) mass is 269 g/mol. The SMILES string of the molecule is Cc1occc1C(=O)Nc1ccc(-n2cnnn2)cc1. The van der Waals surface area contributed by atoms with Crippen molar-refractivity contribution in [2.24, 2.45) is 0 Å². The third-order valence-electron chi connectivity index (χ3n) is 2.84. The number of carbonyl (C=O) groups excluding carboxylic acids is 1. The first-order valence-corrected chi connectivity index (χ1v) is 5.93. The molecule has 20 heavy (non-hydrogen) atoms. The lowest BCUT2D eigenvalue weighted by Gasteiger charge is -2.05. The summed E-state index contributed by atoms with van der Waals surface area (Å²) in [5, 5.41) is 13.7. The Morgan fingerprint density at radius 1 is 1.25 bits per heavy atom. The van der Waals surface area contributed by atoms with E-state index >= 15 is 0 Å². The summed E-state index contributed by atoms with van der Waals surface area (Å²) >= 11 is 0. The number of carbonyl (C=O) groups is 1. The fourth-order valence-electron chi connectivity index (χ4n) is 1.80. The van der Waals surface area contributed by atoms with E-state index in [4.69, 9.17) is 4.42 Å². The summed E-state index contributed by atoms with van der Waals surface area (Å²) < 4.78 is 6.64. The lowest BCUT2D eigenvalue weighted by molar-refractivity contribution is 0.102. The Hall–Kier alpha value is -2.96. The van der Waals surface area contributed by atoms with Crippen LogP contribution in [0.5, 0.6) is 0 Å². The molecule has 0 saturated carbocycles. The predicted molar refractivity (Wildman–Crippen MR) is 70.6 cm³/mol. The van der Waals surface area contributed by atoms with Crippen molar-refractivity contribution in [2.75, 3.05) is 5.32 Å². The second-order valence-electron chi connectivity index (χ2n) is 4.15. The third-order valence-corrected chi connectivity index (χ3v) is 2.84. The van der Waals surface area contributed by atoms with Gasteiger partial charge in [-0.3, -0.25) is 4.79 Å². The van der Waals surface area contributed by atoms with Crippen LogP contribution in [0.4, 0.5) is 5.69 Å². The molecule has 1 N–H and O–H groups in total. The minimum atomic E-state index is -0.202. The lowest BCUT2D eigenvalue weighted by atomic mass is 10.2. The first-order chi connectivity index (χ1) is 9.74. The van der Waals surface area contributed by atoms with Gasteiger partial charge in [-0.25, -0.2) is 4.68 Å². The van der Waals surface area contributed by atoms with Gasteiger partial charge in [0.1, 0.15) is 12.1 Å². The Labute approximate surface area is 114 Å². The Morgan fingerprint density at radius 2 is 2.05 bits per heavy atom. The van der Waals surface area contributed by atoms with Crippen molar-refractivity contribution in [1.82, 2.24) is 20.2 Å². The van der Waals surface area contributed by atoms with E-state index in [0.29, 0.717) is 17.0 Å². The van der Waals surface area contributed by atoms with Crippen LogP contribution in [0.2, 0.25) is 0 Å². The van der Waals surface area contributed by atoms with Crippen LogP contribution in [0, 0.1) is 6.92 Å². The zero-order valence-corrected chi connectivity index (χ0v) is 10.6. The summed E-state index contributed by atoms with van der Waals surface area (Å²) in [7, 11) is 0. The highest BCUT2D eigenvalue weighted by molar-refractivity contribution is 6.04. The quantitative estimate of drug-likeness (QED) is 0.783. The molecule has 3 rings (SSSR count). The van der Waals surface area contributed by atoms with Crippen molar-refractivity contribution in [2.45, 2.75) is 6.92 Å². The van der Waals surface area contributed by atoms with Gasteiger partial charge in [0.15, 0.2) is 0 Å². The highest BCUT2D eigenvalue weighted by Gasteiger charge is 2.11. The smallest absolute Gasteiger partial charge is 0.259 e. The van der Waals surface area contributed by atoms with Crippen LogP contribution < -0.4 is 5.32 Å². The van der Waals surface area contributed by atoms with Gasteiger partial charge in [-0.2, -0.15) is 0 Å². The van der Waals surface area contributed by atoms with Crippen molar-refractivity contribution in [3.63, 3.8) is 0 Å². The first kappa shape index (κ1) is 12.1. The normalized spacial score (nSPS) is 10.4. The molecule has 0 aliphatic rings. The Morgan fingerprint density at radius 3 is 2.65 bits per heavy atom. The maximum Gasteiger partial charge on any atom is 0.259 e. The van der Waals surface area contributed by atoms with E-state index in [0.717, 1.165) is 5.69 Å². The van der Waals surface area contributed by atoms with E-state index in [2.05, 4.69) is 20.8 Å². The molecule has 0 aliphatic heterocycles.